The van der Waals surface area contributed by atoms with Crippen LogP contribution in [0.3, 0.4) is 0 Å². The zero-order valence-corrected chi connectivity index (χ0v) is 21.6. The molecule has 8 nitrogen and oxygen atoms in total. The second-order valence-electron chi connectivity index (χ2n) is 8.28. The van der Waals surface area contributed by atoms with Crippen molar-refractivity contribution in [2.24, 2.45) is 0 Å². The number of benzene rings is 2. The third kappa shape index (κ3) is 7.68. The maximum Gasteiger partial charge on any atom is 0.244 e. The molecule has 1 N–H and O–H groups in total. The first kappa shape index (κ1) is 28.1. The van der Waals surface area contributed by atoms with Gasteiger partial charge in [-0.05, 0) is 45.4 Å². The predicted molar refractivity (Wildman–Crippen MR) is 134 cm³/mol. The van der Waals surface area contributed by atoms with Gasteiger partial charge in [-0.1, -0.05) is 37.3 Å². The molecule has 192 valence electrons. The fourth-order valence-electron chi connectivity index (χ4n) is 3.39. The molecule has 0 spiro atoms. The van der Waals surface area contributed by atoms with Gasteiger partial charge in [0.15, 0.2) is 0 Å². The average Bonchev–Trinajstić information content (AvgIpc) is 2.81. The molecular weight excluding hydrogens is 473 g/mol. The molecule has 0 heterocycles. The molecule has 0 aromatic heterocycles. The number of ether oxygens (including phenoxy) is 1. The van der Waals surface area contributed by atoms with Gasteiger partial charge in [0.1, 0.15) is 24.2 Å². The Bertz CT molecular complexity index is 1130. The van der Waals surface area contributed by atoms with Gasteiger partial charge in [0, 0.05) is 18.2 Å². The highest BCUT2D eigenvalue weighted by Gasteiger charge is 2.31. The topological polar surface area (TPSA) is 96.0 Å². The Kier molecular flexibility index (Phi) is 10.1. The summed E-state index contributed by atoms with van der Waals surface area (Å²) < 4.78 is 46.4. The number of para-hydroxylation sites is 2. The molecule has 2 aromatic carbocycles. The summed E-state index contributed by atoms with van der Waals surface area (Å²) in [6.07, 6.45) is 1.68. The van der Waals surface area contributed by atoms with Crippen molar-refractivity contribution >= 4 is 27.5 Å². The van der Waals surface area contributed by atoms with Crippen molar-refractivity contribution < 1.29 is 27.1 Å². The minimum Gasteiger partial charge on any atom is -0.492 e. The van der Waals surface area contributed by atoms with Gasteiger partial charge in [-0.3, -0.25) is 13.9 Å². The van der Waals surface area contributed by atoms with Crippen molar-refractivity contribution in [1.82, 2.24) is 10.2 Å². The van der Waals surface area contributed by atoms with Crippen LogP contribution in [0.25, 0.3) is 0 Å². The van der Waals surface area contributed by atoms with Gasteiger partial charge >= 0.3 is 0 Å². The summed E-state index contributed by atoms with van der Waals surface area (Å²) in [5, 5.41) is 2.83. The van der Waals surface area contributed by atoms with Crippen LogP contribution in [0.5, 0.6) is 5.75 Å². The minimum absolute atomic E-state index is 0.124. The van der Waals surface area contributed by atoms with Gasteiger partial charge in [0.05, 0.1) is 18.6 Å². The van der Waals surface area contributed by atoms with Crippen molar-refractivity contribution in [2.75, 3.05) is 23.7 Å². The fraction of sp³-hybridized carbons (Fsp3) is 0.440. The number of carbonyl (C=O) groups is 2. The first-order valence-corrected chi connectivity index (χ1v) is 13.4. The maximum atomic E-state index is 14.4. The second kappa shape index (κ2) is 12.5. The summed E-state index contributed by atoms with van der Waals surface area (Å²) in [5.41, 5.74) is 0.414. The van der Waals surface area contributed by atoms with Crippen LogP contribution in [0.4, 0.5) is 10.1 Å². The fourth-order valence-corrected chi connectivity index (χ4v) is 4.25. The largest absolute Gasteiger partial charge is 0.492 e. The van der Waals surface area contributed by atoms with Crippen LogP contribution in [0.2, 0.25) is 0 Å². The normalized spacial score (nSPS) is 13.0. The van der Waals surface area contributed by atoms with E-state index in [1.54, 1.807) is 37.3 Å². The minimum atomic E-state index is -3.91. The lowest BCUT2D eigenvalue weighted by Crippen LogP contribution is -2.52. The summed E-state index contributed by atoms with van der Waals surface area (Å²) in [7, 11) is -3.91. The Balaban J connectivity index is 2.45. The molecular formula is C25H34FN3O5S. The number of rotatable bonds is 12. The van der Waals surface area contributed by atoms with Crippen LogP contribution in [0, 0.1) is 5.82 Å². The number of hydrogen-bond acceptors (Lipinski definition) is 5. The number of nitrogens with one attached hydrogen (secondary N) is 1. The number of amides is 2. The van der Waals surface area contributed by atoms with Gasteiger partial charge in [0.2, 0.25) is 21.8 Å². The van der Waals surface area contributed by atoms with E-state index < -0.39 is 40.2 Å². The summed E-state index contributed by atoms with van der Waals surface area (Å²) >= 11 is 0. The number of hydrogen-bond donors (Lipinski definition) is 1. The van der Waals surface area contributed by atoms with E-state index >= 15 is 0 Å². The molecule has 0 aliphatic heterocycles. The number of sulfonamides is 1. The van der Waals surface area contributed by atoms with Crippen LogP contribution < -0.4 is 14.4 Å². The summed E-state index contributed by atoms with van der Waals surface area (Å²) in [4.78, 5) is 27.6. The van der Waals surface area contributed by atoms with Crippen LogP contribution in [0.15, 0.2) is 48.5 Å². The molecule has 0 bridgehead atoms. The molecule has 10 heteroatoms. The van der Waals surface area contributed by atoms with E-state index in [0.29, 0.717) is 18.8 Å². The molecule has 2 aromatic rings. The average molecular weight is 508 g/mol. The molecule has 2 rings (SSSR count). The lowest BCUT2D eigenvalue weighted by Gasteiger charge is -2.32. The Hall–Kier alpha value is -3.14. The van der Waals surface area contributed by atoms with E-state index in [4.69, 9.17) is 4.74 Å². The predicted octanol–water partition coefficient (Wildman–Crippen LogP) is 3.32. The van der Waals surface area contributed by atoms with Crippen molar-refractivity contribution in [3.63, 3.8) is 0 Å². The molecule has 2 amide bonds. The monoisotopic (exact) mass is 507 g/mol. The first-order chi connectivity index (χ1) is 16.5. The summed E-state index contributed by atoms with van der Waals surface area (Å²) in [6, 6.07) is 11.3. The van der Waals surface area contributed by atoms with Gasteiger partial charge in [-0.15, -0.1) is 0 Å². The van der Waals surface area contributed by atoms with Crippen molar-refractivity contribution in [2.45, 2.75) is 52.7 Å². The molecule has 0 unspecified atom stereocenters. The molecule has 0 aliphatic carbocycles. The molecule has 2 atom stereocenters. The van der Waals surface area contributed by atoms with Crippen molar-refractivity contribution in [1.29, 1.82) is 0 Å². The highest BCUT2D eigenvalue weighted by molar-refractivity contribution is 7.92. The maximum absolute atomic E-state index is 14.4. The molecule has 0 radical (unpaired) electrons. The van der Waals surface area contributed by atoms with Gasteiger partial charge in [-0.25, -0.2) is 12.8 Å². The summed E-state index contributed by atoms with van der Waals surface area (Å²) in [5.74, 6) is -1.29. The van der Waals surface area contributed by atoms with Crippen molar-refractivity contribution in [3.8, 4) is 5.75 Å². The van der Waals surface area contributed by atoms with E-state index in [2.05, 4.69) is 5.32 Å². The Labute approximate surface area is 207 Å². The SMILES string of the molecule is CCOc1ccccc1N(CC(=O)N(Cc1ccccc1F)[C@@H](C)C(=O)N[C@H](C)CC)S(C)(=O)=O. The van der Waals surface area contributed by atoms with E-state index in [0.717, 1.165) is 10.6 Å². The van der Waals surface area contributed by atoms with Gasteiger partial charge in [-0.2, -0.15) is 0 Å². The quantitative estimate of drug-likeness (QED) is 0.476. The van der Waals surface area contributed by atoms with E-state index in [-0.39, 0.29) is 23.8 Å². The molecule has 0 aliphatic rings. The van der Waals surface area contributed by atoms with E-state index in [1.807, 2.05) is 13.8 Å². The highest BCUT2D eigenvalue weighted by Crippen LogP contribution is 2.30. The molecule has 35 heavy (non-hydrogen) atoms. The standard InChI is InChI=1S/C25H34FN3O5S/c1-6-18(3)27-25(31)19(4)28(16-20-12-8-9-13-21(20)26)24(30)17-29(35(5,32)33)22-14-10-11-15-23(22)34-7-2/h8-15,18-19H,6-7,16-17H2,1-5H3,(H,27,31)/t18-,19+/m1/s1. The number of halogens is 1. The number of carbonyl (C=O) groups excluding carboxylic acids is 2. The Morgan fingerprint density at radius 3 is 2.29 bits per heavy atom. The highest BCUT2D eigenvalue weighted by atomic mass is 32.2. The van der Waals surface area contributed by atoms with Crippen molar-refractivity contribution in [3.05, 3.63) is 59.9 Å². The van der Waals surface area contributed by atoms with Crippen LogP contribution >= 0.6 is 0 Å². The van der Waals surface area contributed by atoms with Crippen LogP contribution in [-0.4, -0.2) is 56.6 Å². The smallest absolute Gasteiger partial charge is 0.244 e. The van der Waals surface area contributed by atoms with Crippen LogP contribution in [0.1, 0.15) is 39.7 Å². The zero-order chi connectivity index (χ0) is 26.2. The molecule has 0 saturated heterocycles. The third-order valence-corrected chi connectivity index (χ3v) is 6.71. The lowest BCUT2D eigenvalue weighted by atomic mass is 10.1. The third-order valence-electron chi connectivity index (χ3n) is 5.58. The van der Waals surface area contributed by atoms with E-state index in [9.17, 15) is 22.4 Å². The van der Waals surface area contributed by atoms with E-state index in [1.165, 1.54) is 30.0 Å². The molecule has 0 saturated carbocycles. The Morgan fingerprint density at radius 1 is 1.06 bits per heavy atom. The number of nitrogens with zero attached hydrogens (tertiary/aromatic N) is 2. The first-order valence-electron chi connectivity index (χ1n) is 11.5. The number of anilines is 1. The lowest BCUT2D eigenvalue weighted by molar-refractivity contribution is -0.139. The van der Waals surface area contributed by atoms with Crippen LogP contribution in [-0.2, 0) is 26.2 Å². The second-order valence-corrected chi connectivity index (χ2v) is 10.2. The molecule has 0 fully saturated rings. The van der Waals surface area contributed by atoms with Gasteiger partial charge in [0.25, 0.3) is 0 Å². The zero-order valence-electron chi connectivity index (χ0n) is 20.8. The Morgan fingerprint density at radius 2 is 1.69 bits per heavy atom. The van der Waals surface area contributed by atoms with Gasteiger partial charge < -0.3 is 15.0 Å². The summed E-state index contributed by atoms with van der Waals surface area (Å²) in [6.45, 7) is 6.57.